The fourth-order valence-electron chi connectivity index (χ4n) is 1.23. The molecule has 0 aliphatic heterocycles. The lowest BCUT2D eigenvalue weighted by Crippen LogP contribution is -2.08. The third-order valence-corrected chi connectivity index (χ3v) is 3.63. The first-order valence-electron chi connectivity index (χ1n) is 4.46. The summed E-state index contributed by atoms with van der Waals surface area (Å²) in [7, 11) is 0. The van der Waals surface area contributed by atoms with Gasteiger partial charge in [-0.15, -0.1) is 11.3 Å². The molecule has 1 atom stereocenters. The molecule has 1 aromatic heterocycles. The lowest BCUT2D eigenvalue weighted by atomic mass is 10.2. The van der Waals surface area contributed by atoms with E-state index in [1.54, 1.807) is 11.3 Å². The van der Waals surface area contributed by atoms with Gasteiger partial charge in [-0.1, -0.05) is 18.5 Å². The van der Waals surface area contributed by atoms with E-state index in [4.69, 9.17) is 17.3 Å². The summed E-state index contributed by atoms with van der Waals surface area (Å²) in [6.45, 7) is 2.72. The fraction of sp³-hybridized carbons (Fsp3) is 0.300. The second-order valence-electron chi connectivity index (χ2n) is 3.30. The Morgan fingerprint density at radius 1 is 1.57 bits per heavy atom. The Morgan fingerprint density at radius 3 is 3.07 bits per heavy atom. The summed E-state index contributed by atoms with van der Waals surface area (Å²) < 4.78 is 1.13. The van der Waals surface area contributed by atoms with Crippen molar-refractivity contribution in [1.29, 1.82) is 0 Å². The van der Waals surface area contributed by atoms with Crippen LogP contribution in [0.3, 0.4) is 0 Å². The number of benzene rings is 1. The first-order chi connectivity index (χ1) is 6.70. The molecule has 2 rings (SSSR count). The van der Waals surface area contributed by atoms with Crippen molar-refractivity contribution in [2.24, 2.45) is 5.73 Å². The topological polar surface area (TPSA) is 38.9 Å². The van der Waals surface area contributed by atoms with Gasteiger partial charge in [-0.25, -0.2) is 4.98 Å². The fourth-order valence-corrected chi connectivity index (χ4v) is 2.54. The number of fused-ring (bicyclic) bond motifs is 1. The predicted molar refractivity (Wildman–Crippen MR) is 62.1 cm³/mol. The highest BCUT2D eigenvalue weighted by Gasteiger charge is 2.09. The summed E-state index contributed by atoms with van der Waals surface area (Å²) >= 11 is 7.56. The maximum absolute atomic E-state index is 5.90. The normalized spacial score (nSPS) is 13.4. The summed E-state index contributed by atoms with van der Waals surface area (Å²) in [6, 6.07) is 5.75. The molecule has 0 fully saturated rings. The van der Waals surface area contributed by atoms with Crippen molar-refractivity contribution in [2.45, 2.75) is 12.8 Å². The Balaban J connectivity index is 2.51. The van der Waals surface area contributed by atoms with Crippen LogP contribution in [0.2, 0.25) is 5.02 Å². The molecule has 0 radical (unpaired) electrons. The molecule has 0 spiro atoms. The average Bonchev–Trinajstić information content (AvgIpc) is 2.59. The summed E-state index contributed by atoms with van der Waals surface area (Å²) in [6.07, 6.45) is 0. The van der Waals surface area contributed by atoms with Crippen LogP contribution in [0.25, 0.3) is 10.2 Å². The van der Waals surface area contributed by atoms with E-state index in [9.17, 15) is 0 Å². The zero-order valence-electron chi connectivity index (χ0n) is 7.83. The van der Waals surface area contributed by atoms with E-state index in [0.29, 0.717) is 12.5 Å². The minimum Gasteiger partial charge on any atom is -0.330 e. The van der Waals surface area contributed by atoms with Crippen molar-refractivity contribution in [2.75, 3.05) is 6.54 Å². The van der Waals surface area contributed by atoms with E-state index in [2.05, 4.69) is 11.9 Å². The predicted octanol–water partition coefficient (Wildman–Crippen LogP) is 3.01. The van der Waals surface area contributed by atoms with Gasteiger partial charge in [-0.2, -0.15) is 0 Å². The quantitative estimate of drug-likeness (QED) is 0.855. The highest BCUT2D eigenvalue weighted by molar-refractivity contribution is 7.18. The van der Waals surface area contributed by atoms with Gasteiger partial charge < -0.3 is 5.73 Å². The van der Waals surface area contributed by atoms with Crippen molar-refractivity contribution in [3.05, 3.63) is 28.2 Å². The third kappa shape index (κ3) is 1.75. The van der Waals surface area contributed by atoms with Gasteiger partial charge in [0.05, 0.1) is 15.2 Å². The molecule has 1 unspecified atom stereocenters. The van der Waals surface area contributed by atoms with E-state index >= 15 is 0 Å². The number of halogens is 1. The van der Waals surface area contributed by atoms with Crippen molar-refractivity contribution >= 4 is 33.2 Å². The molecule has 1 heterocycles. The first-order valence-corrected chi connectivity index (χ1v) is 5.66. The molecule has 14 heavy (non-hydrogen) atoms. The summed E-state index contributed by atoms with van der Waals surface area (Å²) in [5.74, 6) is 0.325. The van der Waals surface area contributed by atoms with Gasteiger partial charge in [0.1, 0.15) is 0 Å². The average molecular weight is 227 g/mol. The largest absolute Gasteiger partial charge is 0.330 e. The maximum atomic E-state index is 5.90. The van der Waals surface area contributed by atoms with Crippen LogP contribution in [-0.2, 0) is 0 Å². The number of aromatic nitrogens is 1. The van der Waals surface area contributed by atoms with Crippen LogP contribution in [0.5, 0.6) is 0 Å². The maximum Gasteiger partial charge on any atom is 0.0979 e. The monoisotopic (exact) mass is 226 g/mol. The lowest BCUT2D eigenvalue weighted by molar-refractivity contribution is 0.768. The molecule has 0 amide bonds. The van der Waals surface area contributed by atoms with Gasteiger partial charge in [-0.3, -0.25) is 0 Å². The van der Waals surface area contributed by atoms with Crippen LogP contribution < -0.4 is 5.73 Å². The smallest absolute Gasteiger partial charge is 0.0979 e. The molecule has 0 saturated heterocycles. The molecule has 0 aliphatic carbocycles. The molecule has 4 heteroatoms. The van der Waals surface area contributed by atoms with Crippen molar-refractivity contribution in [3.8, 4) is 0 Å². The van der Waals surface area contributed by atoms with Crippen LogP contribution in [-0.4, -0.2) is 11.5 Å². The zero-order valence-corrected chi connectivity index (χ0v) is 9.40. The molecule has 0 saturated carbocycles. The van der Waals surface area contributed by atoms with Crippen molar-refractivity contribution in [3.63, 3.8) is 0 Å². The molecular formula is C10H11ClN2S. The highest BCUT2D eigenvalue weighted by Crippen LogP contribution is 2.28. The van der Waals surface area contributed by atoms with Crippen LogP contribution in [0.4, 0.5) is 0 Å². The van der Waals surface area contributed by atoms with Gasteiger partial charge in [0, 0.05) is 17.5 Å². The van der Waals surface area contributed by atoms with Crippen LogP contribution in [0, 0.1) is 0 Å². The van der Waals surface area contributed by atoms with Crippen LogP contribution in [0.15, 0.2) is 18.2 Å². The minimum absolute atomic E-state index is 0.325. The van der Waals surface area contributed by atoms with E-state index in [-0.39, 0.29) is 0 Å². The van der Waals surface area contributed by atoms with E-state index in [0.717, 1.165) is 20.2 Å². The Morgan fingerprint density at radius 2 is 2.36 bits per heavy atom. The molecule has 2 aromatic rings. The number of nitrogens with two attached hydrogens (primary N) is 1. The molecule has 0 bridgehead atoms. The van der Waals surface area contributed by atoms with Gasteiger partial charge >= 0.3 is 0 Å². The molecule has 2 nitrogen and oxygen atoms in total. The number of nitrogens with zero attached hydrogens (tertiary/aromatic N) is 1. The molecule has 74 valence electrons. The van der Waals surface area contributed by atoms with E-state index in [1.165, 1.54) is 0 Å². The van der Waals surface area contributed by atoms with Gasteiger partial charge in [0.2, 0.25) is 0 Å². The standard InChI is InChI=1S/C10H11ClN2S/c1-6(5-12)10-13-8-3-2-7(11)4-9(8)14-10/h2-4,6H,5,12H2,1H3. The molecular weight excluding hydrogens is 216 g/mol. The Labute approximate surface area is 91.7 Å². The molecule has 2 N–H and O–H groups in total. The van der Waals surface area contributed by atoms with Crippen molar-refractivity contribution in [1.82, 2.24) is 4.98 Å². The lowest BCUT2D eigenvalue weighted by Gasteiger charge is -2.00. The van der Waals surface area contributed by atoms with E-state index < -0.39 is 0 Å². The SMILES string of the molecule is CC(CN)c1nc2ccc(Cl)cc2s1. The Bertz CT molecular complexity index is 452. The zero-order chi connectivity index (χ0) is 10.1. The summed E-state index contributed by atoms with van der Waals surface area (Å²) in [5.41, 5.74) is 6.61. The van der Waals surface area contributed by atoms with Crippen LogP contribution >= 0.6 is 22.9 Å². The van der Waals surface area contributed by atoms with Crippen molar-refractivity contribution < 1.29 is 0 Å². The number of thiazole rings is 1. The van der Waals surface area contributed by atoms with E-state index in [1.807, 2.05) is 18.2 Å². The molecule has 1 aromatic carbocycles. The minimum atomic E-state index is 0.325. The number of hydrogen-bond acceptors (Lipinski definition) is 3. The van der Waals surface area contributed by atoms with Gasteiger partial charge in [0.25, 0.3) is 0 Å². The molecule has 0 aliphatic rings. The summed E-state index contributed by atoms with van der Waals surface area (Å²) in [4.78, 5) is 4.50. The Kier molecular flexibility index (Phi) is 2.72. The number of hydrogen-bond donors (Lipinski definition) is 1. The van der Waals surface area contributed by atoms with Gasteiger partial charge in [-0.05, 0) is 18.2 Å². The second-order valence-corrected chi connectivity index (χ2v) is 4.80. The first kappa shape index (κ1) is 9.90. The number of rotatable bonds is 2. The second kappa shape index (κ2) is 3.85. The van der Waals surface area contributed by atoms with Crippen LogP contribution in [0.1, 0.15) is 17.8 Å². The highest BCUT2D eigenvalue weighted by atomic mass is 35.5. The summed E-state index contributed by atoms with van der Waals surface area (Å²) in [5, 5.41) is 1.85. The third-order valence-electron chi connectivity index (χ3n) is 2.14. The Hall–Kier alpha value is -0.640. The van der Waals surface area contributed by atoms with Gasteiger partial charge in [0.15, 0.2) is 0 Å².